The fraction of sp³-hybridized carbons (Fsp3) is 0.182. The Balaban J connectivity index is 2.27. The normalized spacial score (nSPS) is 20.1. The second-order valence-electron chi connectivity index (χ2n) is 4.02. The molecule has 2 amide bonds. The molecule has 1 aromatic rings. The molecule has 0 spiro atoms. The van der Waals surface area contributed by atoms with Crippen molar-refractivity contribution < 1.29 is 19.6 Å². The molecule has 103 valence electrons. The number of hydrogen-bond donors (Lipinski definition) is 2. The van der Waals surface area contributed by atoms with Crippen molar-refractivity contribution in [3.63, 3.8) is 0 Å². The van der Waals surface area contributed by atoms with Crippen LogP contribution in [0.15, 0.2) is 29.3 Å². The van der Waals surface area contributed by atoms with Gasteiger partial charge in [0.05, 0.1) is 0 Å². The van der Waals surface area contributed by atoms with E-state index >= 15 is 0 Å². The van der Waals surface area contributed by atoms with Crippen LogP contribution in [0.1, 0.15) is 11.7 Å². The van der Waals surface area contributed by atoms with Crippen molar-refractivity contribution in [1.29, 1.82) is 0 Å². The zero-order chi connectivity index (χ0) is 14.9. The molecular formula is C11H8N3O5Se. The van der Waals surface area contributed by atoms with E-state index in [1.807, 2.05) is 0 Å². The van der Waals surface area contributed by atoms with Crippen LogP contribution in [-0.2, 0) is 9.59 Å². The van der Waals surface area contributed by atoms with Gasteiger partial charge in [-0.2, -0.15) is 0 Å². The summed E-state index contributed by atoms with van der Waals surface area (Å²) in [6, 6.07) is 4.96. The van der Waals surface area contributed by atoms with E-state index in [9.17, 15) is 24.8 Å². The van der Waals surface area contributed by atoms with Crippen LogP contribution in [0, 0.1) is 16.0 Å². The second kappa shape index (κ2) is 5.49. The molecule has 8 nitrogen and oxygen atoms in total. The number of aliphatic hydroxyl groups excluding tert-OH is 1. The van der Waals surface area contributed by atoms with E-state index in [1.54, 1.807) is 0 Å². The van der Waals surface area contributed by atoms with Gasteiger partial charge in [0.2, 0.25) is 0 Å². The second-order valence-corrected chi connectivity index (χ2v) is 4.83. The van der Waals surface area contributed by atoms with Crippen LogP contribution in [0.3, 0.4) is 0 Å². The van der Waals surface area contributed by atoms with E-state index in [-0.39, 0.29) is 16.0 Å². The molecule has 0 aromatic heterocycles. The van der Waals surface area contributed by atoms with E-state index in [0.717, 1.165) is 0 Å². The summed E-state index contributed by atoms with van der Waals surface area (Å²) in [5, 5.41) is 22.9. The number of amidine groups is 1. The van der Waals surface area contributed by atoms with Crippen LogP contribution in [0.5, 0.6) is 0 Å². The first-order valence-electron chi connectivity index (χ1n) is 5.43. The first kappa shape index (κ1) is 14.3. The summed E-state index contributed by atoms with van der Waals surface area (Å²) in [6.07, 6.45) is -1.42. The number of hydrogen-bond acceptors (Lipinski definition) is 5. The van der Waals surface area contributed by atoms with Crippen LogP contribution in [-0.4, -0.2) is 42.6 Å². The van der Waals surface area contributed by atoms with Gasteiger partial charge in [-0.3, -0.25) is 0 Å². The minimum atomic E-state index is -1.42. The Labute approximate surface area is 120 Å². The third kappa shape index (κ3) is 2.74. The number of nitro benzene ring substituents is 1. The Kier molecular flexibility index (Phi) is 3.93. The number of nitro groups is 1. The van der Waals surface area contributed by atoms with Crippen LogP contribution >= 0.6 is 0 Å². The standard InChI is InChI=1S/C11H8N3O5Se/c15-8(5-1-3-6(4-2-5)14(18)19)7-9(16)12-11(20)13-10(7)17/h1-4,7-8,15H,(H,12,13,16,17). The maximum absolute atomic E-state index is 11.7. The van der Waals surface area contributed by atoms with Crippen molar-refractivity contribution in [3.8, 4) is 0 Å². The zero-order valence-electron chi connectivity index (χ0n) is 9.85. The van der Waals surface area contributed by atoms with Gasteiger partial charge in [0, 0.05) is 0 Å². The van der Waals surface area contributed by atoms with Gasteiger partial charge in [-0.05, 0) is 0 Å². The number of aliphatic imine (C=N–C) groups is 1. The molecule has 0 saturated carbocycles. The molecule has 9 heteroatoms. The average Bonchev–Trinajstić information content (AvgIpc) is 2.37. The minimum absolute atomic E-state index is 0.0483. The predicted molar refractivity (Wildman–Crippen MR) is 67.9 cm³/mol. The molecule has 1 heterocycles. The molecule has 20 heavy (non-hydrogen) atoms. The Bertz CT molecular complexity index is 613. The first-order valence-corrected chi connectivity index (χ1v) is 6.28. The SMILES string of the molecule is O=C1N=C([Se])NC(=O)C1C(O)c1ccc([N+](=O)[O-])cc1. The van der Waals surface area contributed by atoms with Crippen molar-refractivity contribution in [2.45, 2.75) is 6.10 Å². The Morgan fingerprint density at radius 1 is 1.35 bits per heavy atom. The van der Waals surface area contributed by atoms with Crippen molar-refractivity contribution in [2.24, 2.45) is 10.9 Å². The Morgan fingerprint density at radius 3 is 2.45 bits per heavy atom. The molecule has 2 N–H and O–H groups in total. The predicted octanol–water partition coefficient (Wildman–Crippen LogP) is -0.575. The molecule has 2 atom stereocenters. The van der Waals surface area contributed by atoms with Crippen molar-refractivity contribution in [3.05, 3.63) is 39.9 Å². The summed E-state index contributed by atoms with van der Waals surface area (Å²) in [4.78, 5) is 36.8. The number of nitrogens with zero attached hydrogens (tertiary/aromatic N) is 2. The van der Waals surface area contributed by atoms with Gasteiger partial charge in [-0.1, -0.05) is 0 Å². The molecule has 1 aliphatic heterocycles. The van der Waals surface area contributed by atoms with Gasteiger partial charge >= 0.3 is 120 Å². The van der Waals surface area contributed by atoms with E-state index in [2.05, 4.69) is 26.3 Å². The number of carbonyl (C=O) groups excluding carboxylic acids is 2. The summed E-state index contributed by atoms with van der Waals surface area (Å²) in [7, 11) is 0. The van der Waals surface area contributed by atoms with Crippen LogP contribution < -0.4 is 5.32 Å². The monoisotopic (exact) mass is 342 g/mol. The van der Waals surface area contributed by atoms with Gasteiger partial charge in [0.1, 0.15) is 0 Å². The third-order valence-electron chi connectivity index (χ3n) is 2.75. The van der Waals surface area contributed by atoms with Crippen LogP contribution in [0.25, 0.3) is 0 Å². The molecule has 1 radical (unpaired) electrons. The molecule has 0 aliphatic carbocycles. The zero-order valence-corrected chi connectivity index (χ0v) is 11.6. The molecule has 0 fully saturated rings. The third-order valence-corrected chi connectivity index (χ3v) is 3.16. The van der Waals surface area contributed by atoms with E-state index in [0.29, 0.717) is 0 Å². The number of carbonyl (C=O) groups is 2. The number of nitrogens with one attached hydrogen (secondary N) is 1. The molecule has 1 aromatic carbocycles. The molecule has 1 aliphatic rings. The Morgan fingerprint density at radius 2 is 1.95 bits per heavy atom. The van der Waals surface area contributed by atoms with E-state index in [4.69, 9.17) is 0 Å². The van der Waals surface area contributed by atoms with Gasteiger partial charge < -0.3 is 0 Å². The van der Waals surface area contributed by atoms with Crippen molar-refractivity contribution in [1.82, 2.24) is 5.32 Å². The summed E-state index contributed by atoms with van der Waals surface area (Å²) in [5.41, 5.74) is 0.0756. The number of non-ortho nitro benzene ring substituents is 1. The summed E-state index contributed by atoms with van der Waals surface area (Å²) < 4.78 is 0.0483. The quantitative estimate of drug-likeness (QED) is 0.330. The summed E-state index contributed by atoms with van der Waals surface area (Å²) in [6.45, 7) is 0. The maximum atomic E-state index is 11.7. The fourth-order valence-electron chi connectivity index (χ4n) is 1.76. The summed E-state index contributed by atoms with van der Waals surface area (Å²) in [5.74, 6) is -2.81. The molecule has 0 saturated heterocycles. The molecule has 2 rings (SSSR count). The molecular weight excluding hydrogens is 333 g/mol. The fourth-order valence-corrected chi connectivity index (χ4v) is 2.16. The van der Waals surface area contributed by atoms with Gasteiger partial charge in [0.25, 0.3) is 0 Å². The number of amides is 2. The van der Waals surface area contributed by atoms with Gasteiger partial charge in [-0.25, -0.2) is 0 Å². The number of rotatable bonds is 3. The van der Waals surface area contributed by atoms with E-state index < -0.39 is 28.8 Å². The van der Waals surface area contributed by atoms with Crippen molar-refractivity contribution in [2.75, 3.05) is 0 Å². The van der Waals surface area contributed by atoms with Crippen LogP contribution in [0.4, 0.5) is 5.69 Å². The molecule has 0 bridgehead atoms. The van der Waals surface area contributed by atoms with Gasteiger partial charge in [0.15, 0.2) is 0 Å². The summed E-state index contributed by atoms with van der Waals surface area (Å²) >= 11 is 2.40. The average molecular weight is 341 g/mol. The van der Waals surface area contributed by atoms with E-state index in [1.165, 1.54) is 24.3 Å². The van der Waals surface area contributed by atoms with Crippen molar-refractivity contribution >= 4 is 38.2 Å². The van der Waals surface area contributed by atoms with Crippen LogP contribution in [0.2, 0.25) is 0 Å². The van der Waals surface area contributed by atoms with Gasteiger partial charge in [-0.15, -0.1) is 0 Å². The molecule has 2 unspecified atom stereocenters. The Hall–Kier alpha value is -2.09. The number of benzene rings is 1. The first-order chi connectivity index (χ1) is 9.40. The number of aliphatic hydroxyl groups is 1. The topological polar surface area (TPSA) is 122 Å².